The van der Waals surface area contributed by atoms with Gasteiger partial charge in [-0.1, -0.05) is 30.9 Å². The zero-order valence-corrected chi connectivity index (χ0v) is 20.7. The molecule has 0 aliphatic carbocycles. The van der Waals surface area contributed by atoms with Crippen molar-refractivity contribution in [1.82, 2.24) is 18.7 Å². The summed E-state index contributed by atoms with van der Waals surface area (Å²) in [7, 11) is 3.06. The van der Waals surface area contributed by atoms with Crippen molar-refractivity contribution in [3.05, 3.63) is 81.3 Å². The summed E-state index contributed by atoms with van der Waals surface area (Å²) in [6, 6.07) is 5.46. The molecule has 0 fully saturated rings. The van der Waals surface area contributed by atoms with Crippen LogP contribution in [0.25, 0.3) is 11.2 Å². The molecule has 1 unspecified atom stereocenters. The standard InChI is InChI=1S/C25H28F3N5O4/c1-5-6-9-18(29-3)15-33-20(14-17-8-7-10-19(13-17)37-25(26,27)28)30-22-21(33)23(35)32(12-11-16(2)34)24(36)31(22)4/h5-10,13,16,34H,1,11-12,14-15H2,2-4H3/b9-6-,29-18?. The Morgan fingerprint density at radius 3 is 2.65 bits per heavy atom. The monoisotopic (exact) mass is 519 g/mol. The Hall–Kier alpha value is -3.93. The number of rotatable bonds is 10. The smallest absolute Gasteiger partial charge is 0.406 e. The maximum absolute atomic E-state index is 13.5. The number of ether oxygens (including phenoxy) is 1. The molecule has 0 spiro atoms. The van der Waals surface area contributed by atoms with E-state index in [4.69, 9.17) is 0 Å². The van der Waals surface area contributed by atoms with Crippen LogP contribution in [-0.4, -0.2) is 49.0 Å². The summed E-state index contributed by atoms with van der Waals surface area (Å²) in [6.45, 7) is 5.30. The van der Waals surface area contributed by atoms with Gasteiger partial charge in [0.25, 0.3) is 5.56 Å². The summed E-state index contributed by atoms with van der Waals surface area (Å²) >= 11 is 0. The minimum atomic E-state index is -4.84. The number of aliphatic hydroxyl groups excluding tert-OH is 1. The van der Waals surface area contributed by atoms with Crippen LogP contribution in [0.4, 0.5) is 13.2 Å². The number of hydrogen-bond donors (Lipinski definition) is 1. The van der Waals surface area contributed by atoms with Gasteiger partial charge in [-0.25, -0.2) is 9.78 Å². The second-order valence-electron chi connectivity index (χ2n) is 8.40. The van der Waals surface area contributed by atoms with Crippen LogP contribution in [0.1, 0.15) is 24.7 Å². The molecule has 0 saturated carbocycles. The summed E-state index contributed by atoms with van der Waals surface area (Å²) in [4.78, 5) is 35.2. The van der Waals surface area contributed by atoms with Gasteiger partial charge in [-0.3, -0.25) is 18.9 Å². The molecule has 3 aromatic rings. The van der Waals surface area contributed by atoms with Crippen LogP contribution in [0, 0.1) is 0 Å². The Labute approximate surface area is 210 Å². The molecule has 9 nitrogen and oxygen atoms in total. The molecule has 0 aliphatic rings. The second-order valence-corrected chi connectivity index (χ2v) is 8.40. The van der Waals surface area contributed by atoms with Crippen molar-refractivity contribution in [3.8, 4) is 5.75 Å². The first-order valence-electron chi connectivity index (χ1n) is 11.4. The van der Waals surface area contributed by atoms with Gasteiger partial charge in [-0.2, -0.15) is 0 Å². The number of aliphatic imine (C=N–C) groups is 1. The van der Waals surface area contributed by atoms with Gasteiger partial charge in [0.15, 0.2) is 11.2 Å². The fraction of sp³-hybridized carbons (Fsp3) is 0.360. The highest BCUT2D eigenvalue weighted by Crippen LogP contribution is 2.25. The third kappa shape index (κ3) is 6.64. The van der Waals surface area contributed by atoms with Crippen molar-refractivity contribution >= 4 is 16.9 Å². The van der Waals surface area contributed by atoms with Crippen molar-refractivity contribution in [1.29, 1.82) is 0 Å². The van der Waals surface area contributed by atoms with Crippen LogP contribution in [0.15, 0.2) is 63.7 Å². The summed E-state index contributed by atoms with van der Waals surface area (Å²) < 4.78 is 46.1. The molecule has 0 radical (unpaired) electrons. The fourth-order valence-electron chi connectivity index (χ4n) is 3.81. The Bertz CT molecular complexity index is 1460. The molecule has 0 saturated heterocycles. The van der Waals surface area contributed by atoms with E-state index < -0.39 is 23.7 Å². The molecule has 1 N–H and O–H groups in total. The van der Waals surface area contributed by atoms with Gasteiger partial charge in [0.1, 0.15) is 11.6 Å². The lowest BCUT2D eigenvalue weighted by Gasteiger charge is -2.12. The van der Waals surface area contributed by atoms with Gasteiger partial charge in [-0.15, -0.1) is 13.2 Å². The number of alkyl halides is 3. The van der Waals surface area contributed by atoms with Gasteiger partial charge in [-0.05, 0) is 37.1 Å². The molecule has 2 heterocycles. The predicted octanol–water partition coefficient (Wildman–Crippen LogP) is 2.97. The van der Waals surface area contributed by atoms with E-state index in [9.17, 15) is 27.9 Å². The van der Waals surface area contributed by atoms with Crippen LogP contribution in [-0.2, 0) is 26.6 Å². The number of benzene rings is 1. The minimum absolute atomic E-state index is 0.00153. The minimum Gasteiger partial charge on any atom is -0.406 e. The Morgan fingerprint density at radius 2 is 2.03 bits per heavy atom. The molecule has 198 valence electrons. The van der Waals surface area contributed by atoms with Crippen molar-refractivity contribution in [2.45, 2.75) is 45.3 Å². The van der Waals surface area contributed by atoms with Gasteiger partial charge < -0.3 is 14.4 Å². The van der Waals surface area contributed by atoms with Gasteiger partial charge >= 0.3 is 12.1 Å². The van der Waals surface area contributed by atoms with Crippen LogP contribution < -0.4 is 16.0 Å². The Balaban J connectivity index is 2.21. The highest BCUT2D eigenvalue weighted by atomic mass is 19.4. The average molecular weight is 520 g/mol. The van der Waals surface area contributed by atoms with E-state index >= 15 is 0 Å². The summed E-state index contributed by atoms with van der Waals surface area (Å²) in [6.07, 6.45) is -0.376. The zero-order valence-electron chi connectivity index (χ0n) is 20.7. The van der Waals surface area contributed by atoms with E-state index in [0.717, 1.165) is 4.57 Å². The van der Waals surface area contributed by atoms with E-state index in [-0.39, 0.29) is 42.8 Å². The van der Waals surface area contributed by atoms with Crippen molar-refractivity contribution in [2.75, 3.05) is 7.05 Å². The molecule has 0 bridgehead atoms. The molecule has 0 aliphatic heterocycles. The number of aromatic nitrogens is 4. The number of fused-ring (bicyclic) bond motifs is 1. The summed E-state index contributed by atoms with van der Waals surface area (Å²) in [5, 5.41) is 9.67. The Kier molecular flexibility index (Phi) is 8.53. The first-order chi connectivity index (χ1) is 17.4. The molecule has 2 aromatic heterocycles. The van der Waals surface area contributed by atoms with Crippen molar-refractivity contribution < 1.29 is 23.0 Å². The second kappa shape index (κ2) is 11.4. The van der Waals surface area contributed by atoms with E-state index in [0.29, 0.717) is 17.1 Å². The lowest BCUT2D eigenvalue weighted by molar-refractivity contribution is -0.274. The van der Waals surface area contributed by atoms with E-state index in [2.05, 4.69) is 21.3 Å². The quantitative estimate of drug-likeness (QED) is 0.328. The van der Waals surface area contributed by atoms with Crippen molar-refractivity contribution in [2.24, 2.45) is 12.0 Å². The topological polar surface area (TPSA) is 104 Å². The molecule has 1 aromatic carbocycles. The molecule has 12 heteroatoms. The number of aryl methyl sites for hydroxylation is 1. The predicted molar refractivity (Wildman–Crippen MR) is 134 cm³/mol. The molecular weight excluding hydrogens is 491 g/mol. The maximum Gasteiger partial charge on any atom is 0.573 e. The normalized spacial score (nSPS) is 13.4. The third-order valence-electron chi connectivity index (χ3n) is 5.61. The Morgan fingerprint density at radius 1 is 1.30 bits per heavy atom. The number of nitrogens with zero attached hydrogens (tertiary/aromatic N) is 5. The van der Waals surface area contributed by atoms with Gasteiger partial charge in [0.2, 0.25) is 0 Å². The molecule has 0 amide bonds. The maximum atomic E-state index is 13.5. The lowest BCUT2D eigenvalue weighted by atomic mass is 10.1. The van der Waals surface area contributed by atoms with E-state index in [1.807, 2.05) is 0 Å². The number of halogens is 3. The highest BCUT2D eigenvalue weighted by Gasteiger charge is 2.31. The summed E-state index contributed by atoms with van der Waals surface area (Å²) in [5.74, 6) is -0.0436. The van der Waals surface area contributed by atoms with Crippen LogP contribution >= 0.6 is 0 Å². The van der Waals surface area contributed by atoms with Crippen LogP contribution in [0.3, 0.4) is 0 Å². The third-order valence-corrected chi connectivity index (χ3v) is 5.61. The van der Waals surface area contributed by atoms with Crippen molar-refractivity contribution in [3.63, 3.8) is 0 Å². The number of imidazole rings is 1. The molecule has 37 heavy (non-hydrogen) atoms. The number of allylic oxidation sites excluding steroid dienone is 3. The first kappa shape index (κ1) is 27.7. The fourth-order valence-corrected chi connectivity index (χ4v) is 3.81. The van der Waals surface area contributed by atoms with Crippen LogP contribution in [0.2, 0.25) is 0 Å². The molecular formula is C25H28F3N5O4. The van der Waals surface area contributed by atoms with E-state index in [1.165, 1.54) is 29.8 Å². The number of aliphatic hydroxyl groups is 1. The highest BCUT2D eigenvalue weighted by molar-refractivity contribution is 5.95. The largest absolute Gasteiger partial charge is 0.573 e. The lowest BCUT2D eigenvalue weighted by Crippen LogP contribution is -2.40. The zero-order chi connectivity index (χ0) is 27.3. The van der Waals surface area contributed by atoms with Gasteiger partial charge in [0.05, 0.1) is 18.4 Å². The van der Waals surface area contributed by atoms with Gasteiger partial charge in [0, 0.05) is 27.1 Å². The SMILES string of the molecule is C=C/C=C\C(Cn1c(Cc2cccc(OC(F)(F)F)c2)nc2c1c(=O)n(CCC(C)O)c(=O)n2C)=NC. The first-order valence-corrected chi connectivity index (χ1v) is 11.4. The molecule has 3 rings (SSSR count). The summed E-state index contributed by atoms with van der Waals surface area (Å²) in [5.41, 5.74) is 0.108. The van der Waals surface area contributed by atoms with Crippen LogP contribution in [0.5, 0.6) is 5.75 Å². The van der Waals surface area contributed by atoms with E-state index in [1.54, 1.807) is 42.8 Å². The molecule has 1 atom stereocenters. The average Bonchev–Trinajstić information content (AvgIpc) is 3.17. The number of hydrogen-bond acceptors (Lipinski definition) is 6.